The second-order valence-electron chi connectivity index (χ2n) is 6.90. The Hall–Kier alpha value is -3.16. The van der Waals surface area contributed by atoms with E-state index in [1.54, 1.807) is 36.4 Å². The van der Waals surface area contributed by atoms with Crippen molar-refractivity contribution in [3.05, 3.63) is 90.0 Å². The molecule has 1 amide bonds. The van der Waals surface area contributed by atoms with Crippen LogP contribution in [0.2, 0.25) is 0 Å². The summed E-state index contributed by atoms with van der Waals surface area (Å²) >= 11 is 0. The Balaban J connectivity index is 1.85. The zero-order valence-corrected chi connectivity index (χ0v) is 17.6. The Kier molecular flexibility index (Phi) is 6.87. The van der Waals surface area contributed by atoms with E-state index in [0.717, 1.165) is 11.1 Å². The van der Waals surface area contributed by atoms with Gasteiger partial charge in [-0.2, -0.15) is 4.72 Å². The maximum absolute atomic E-state index is 13.0. The fraction of sp³-hybridized carbons (Fsp3) is 0.174. The summed E-state index contributed by atoms with van der Waals surface area (Å²) in [6.45, 7) is 1.88. The molecule has 3 aromatic rings. The molecule has 156 valence electrons. The molecule has 0 aromatic heterocycles. The lowest BCUT2D eigenvalue weighted by Gasteiger charge is -2.19. The maximum Gasteiger partial charge on any atom is 0.242 e. The lowest BCUT2D eigenvalue weighted by molar-refractivity contribution is -0.117. The molecule has 3 aromatic carbocycles. The molecule has 0 spiro atoms. The summed E-state index contributed by atoms with van der Waals surface area (Å²) in [5, 5.41) is 2.77. The normalized spacial score (nSPS) is 12.2. The third-order valence-electron chi connectivity index (χ3n) is 4.57. The molecule has 0 fully saturated rings. The lowest BCUT2D eigenvalue weighted by Crippen LogP contribution is -2.45. The molecule has 0 saturated carbocycles. The molecule has 0 radical (unpaired) electrons. The fourth-order valence-corrected chi connectivity index (χ4v) is 4.14. The molecule has 0 saturated heterocycles. The number of nitrogens with one attached hydrogen (secondary N) is 2. The second-order valence-corrected chi connectivity index (χ2v) is 8.61. The van der Waals surface area contributed by atoms with E-state index in [1.165, 1.54) is 19.2 Å². The third-order valence-corrected chi connectivity index (χ3v) is 6.05. The van der Waals surface area contributed by atoms with Crippen LogP contribution in [0.1, 0.15) is 11.1 Å². The van der Waals surface area contributed by atoms with Crippen LogP contribution < -0.4 is 14.8 Å². The molecule has 2 N–H and O–H groups in total. The predicted octanol–water partition coefficient (Wildman–Crippen LogP) is 3.53. The minimum absolute atomic E-state index is 0.111. The Morgan fingerprint density at radius 2 is 1.67 bits per heavy atom. The zero-order valence-electron chi connectivity index (χ0n) is 16.8. The number of carbonyl (C=O) groups excluding carboxylic acids is 1. The number of anilines is 1. The van der Waals surface area contributed by atoms with Crippen LogP contribution in [-0.2, 0) is 21.2 Å². The van der Waals surface area contributed by atoms with Gasteiger partial charge in [0.25, 0.3) is 0 Å². The number of rotatable bonds is 8. The Labute approximate surface area is 177 Å². The van der Waals surface area contributed by atoms with Crippen molar-refractivity contribution in [3.63, 3.8) is 0 Å². The van der Waals surface area contributed by atoms with Gasteiger partial charge in [-0.15, -0.1) is 0 Å². The highest BCUT2D eigenvalue weighted by Gasteiger charge is 2.26. The molecular weight excluding hydrogens is 400 g/mol. The molecule has 3 rings (SSSR count). The van der Waals surface area contributed by atoms with Crippen molar-refractivity contribution < 1.29 is 17.9 Å². The molecule has 7 heteroatoms. The highest BCUT2D eigenvalue weighted by molar-refractivity contribution is 7.89. The smallest absolute Gasteiger partial charge is 0.242 e. The molecular formula is C23H24N2O4S. The van der Waals surface area contributed by atoms with Gasteiger partial charge in [-0.05, 0) is 43.2 Å². The highest BCUT2D eigenvalue weighted by atomic mass is 32.2. The van der Waals surface area contributed by atoms with E-state index in [4.69, 9.17) is 4.74 Å². The van der Waals surface area contributed by atoms with Gasteiger partial charge < -0.3 is 10.1 Å². The Morgan fingerprint density at radius 1 is 0.967 bits per heavy atom. The summed E-state index contributed by atoms with van der Waals surface area (Å²) in [5.41, 5.74) is 2.31. The summed E-state index contributed by atoms with van der Waals surface area (Å²) in [6.07, 6.45) is 0.210. The molecule has 0 heterocycles. The van der Waals surface area contributed by atoms with Gasteiger partial charge in [0.2, 0.25) is 15.9 Å². The van der Waals surface area contributed by atoms with Gasteiger partial charge in [0.1, 0.15) is 11.8 Å². The standard InChI is InChI=1S/C23H24N2O4S/c1-17-11-13-21(14-12-17)30(27,28)25-22(15-18-7-4-3-5-8-18)23(26)24-19-9-6-10-20(16-19)29-2/h3-14,16,22,25H,15H2,1-2H3,(H,24,26)/t22-/m1/s1. The van der Waals surface area contributed by atoms with Gasteiger partial charge in [-0.1, -0.05) is 54.1 Å². The molecule has 0 bridgehead atoms. The van der Waals surface area contributed by atoms with E-state index in [1.807, 2.05) is 37.3 Å². The molecule has 30 heavy (non-hydrogen) atoms. The van der Waals surface area contributed by atoms with Gasteiger partial charge in [-0.3, -0.25) is 4.79 Å². The number of hydrogen-bond donors (Lipinski definition) is 2. The minimum atomic E-state index is -3.88. The third kappa shape index (κ3) is 5.68. The number of methoxy groups -OCH3 is 1. The van der Waals surface area contributed by atoms with Gasteiger partial charge in [0.05, 0.1) is 12.0 Å². The van der Waals surface area contributed by atoms with E-state index in [2.05, 4.69) is 10.0 Å². The van der Waals surface area contributed by atoms with Crippen LogP contribution in [0.3, 0.4) is 0 Å². The van der Waals surface area contributed by atoms with Crippen LogP contribution >= 0.6 is 0 Å². The van der Waals surface area contributed by atoms with E-state index in [0.29, 0.717) is 11.4 Å². The lowest BCUT2D eigenvalue weighted by atomic mass is 10.1. The number of benzene rings is 3. The number of ether oxygens (including phenoxy) is 1. The monoisotopic (exact) mass is 424 g/mol. The molecule has 1 atom stereocenters. The molecule has 0 aliphatic rings. The predicted molar refractivity (Wildman–Crippen MR) is 117 cm³/mol. The molecule has 6 nitrogen and oxygen atoms in total. The molecule has 0 unspecified atom stereocenters. The Morgan fingerprint density at radius 3 is 2.33 bits per heavy atom. The van der Waals surface area contributed by atoms with Crippen molar-refractivity contribution in [2.75, 3.05) is 12.4 Å². The average Bonchev–Trinajstić information content (AvgIpc) is 2.74. The SMILES string of the molecule is COc1cccc(NC(=O)[C@@H](Cc2ccccc2)NS(=O)(=O)c2ccc(C)cc2)c1. The number of amides is 1. The Bertz CT molecular complexity index is 1100. The van der Waals surface area contributed by atoms with Gasteiger partial charge in [0.15, 0.2) is 0 Å². The van der Waals surface area contributed by atoms with Crippen molar-refractivity contribution in [2.24, 2.45) is 0 Å². The van der Waals surface area contributed by atoms with Crippen molar-refractivity contribution in [1.82, 2.24) is 4.72 Å². The minimum Gasteiger partial charge on any atom is -0.497 e. The summed E-state index contributed by atoms with van der Waals surface area (Å²) in [7, 11) is -2.35. The van der Waals surface area contributed by atoms with Crippen LogP contribution in [0.5, 0.6) is 5.75 Å². The number of aryl methyl sites for hydroxylation is 1. The van der Waals surface area contributed by atoms with Crippen LogP contribution in [0.25, 0.3) is 0 Å². The summed E-state index contributed by atoms with van der Waals surface area (Å²) in [5.74, 6) is 0.135. The van der Waals surface area contributed by atoms with Crippen LogP contribution in [0.15, 0.2) is 83.8 Å². The van der Waals surface area contributed by atoms with Crippen molar-refractivity contribution in [1.29, 1.82) is 0 Å². The molecule has 0 aliphatic carbocycles. The maximum atomic E-state index is 13.0. The summed E-state index contributed by atoms with van der Waals surface area (Å²) in [6, 6.07) is 21.7. The first-order valence-corrected chi connectivity index (χ1v) is 10.9. The highest BCUT2D eigenvalue weighted by Crippen LogP contribution is 2.18. The number of sulfonamides is 1. The van der Waals surface area contributed by atoms with E-state index >= 15 is 0 Å². The van der Waals surface area contributed by atoms with Gasteiger partial charge >= 0.3 is 0 Å². The van der Waals surface area contributed by atoms with E-state index in [9.17, 15) is 13.2 Å². The number of carbonyl (C=O) groups is 1. The largest absolute Gasteiger partial charge is 0.497 e. The van der Waals surface area contributed by atoms with Crippen molar-refractivity contribution in [2.45, 2.75) is 24.3 Å². The van der Waals surface area contributed by atoms with Crippen LogP contribution in [0.4, 0.5) is 5.69 Å². The molecule has 0 aliphatic heterocycles. The van der Waals surface area contributed by atoms with E-state index < -0.39 is 22.0 Å². The summed E-state index contributed by atoms with van der Waals surface area (Å²) < 4.78 is 33.5. The quantitative estimate of drug-likeness (QED) is 0.579. The van der Waals surface area contributed by atoms with Gasteiger partial charge in [0, 0.05) is 11.8 Å². The number of hydrogen-bond acceptors (Lipinski definition) is 4. The zero-order chi connectivity index (χ0) is 21.6. The fourth-order valence-electron chi connectivity index (χ4n) is 2.94. The topological polar surface area (TPSA) is 84.5 Å². The first-order valence-electron chi connectivity index (χ1n) is 9.45. The second kappa shape index (κ2) is 9.56. The van der Waals surface area contributed by atoms with Crippen LogP contribution in [0, 0.1) is 6.92 Å². The first kappa shape index (κ1) is 21.5. The van der Waals surface area contributed by atoms with Crippen molar-refractivity contribution >= 4 is 21.6 Å². The van der Waals surface area contributed by atoms with Gasteiger partial charge in [-0.25, -0.2) is 8.42 Å². The van der Waals surface area contributed by atoms with Crippen molar-refractivity contribution in [3.8, 4) is 5.75 Å². The van der Waals surface area contributed by atoms with Crippen LogP contribution in [-0.4, -0.2) is 27.5 Å². The first-order chi connectivity index (χ1) is 14.4. The average molecular weight is 425 g/mol. The van der Waals surface area contributed by atoms with E-state index in [-0.39, 0.29) is 11.3 Å². The summed E-state index contributed by atoms with van der Waals surface area (Å²) in [4.78, 5) is 13.1.